The van der Waals surface area contributed by atoms with Crippen LogP contribution in [-0.2, 0) is 14.6 Å². The number of aliphatic hydroxyl groups excluding tert-OH is 1. The third kappa shape index (κ3) is 4.39. The molecule has 1 atom stereocenters. The number of methoxy groups -OCH3 is 1. The fourth-order valence-corrected chi connectivity index (χ4v) is 2.35. The molecule has 0 amide bonds. The smallest absolute Gasteiger partial charge is 0.341 e. The first kappa shape index (κ1) is 16.8. The van der Waals surface area contributed by atoms with E-state index in [0.29, 0.717) is 18.7 Å². The Bertz CT molecular complexity index is 499. The first-order chi connectivity index (χ1) is 9.41. The second-order valence-electron chi connectivity index (χ2n) is 4.14. The SMILES string of the molecule is COCC(CCO)Nc1ccc(S(=O)(=O)C(F)F)cc1. The average molecular weight is 309 g/mol. The van der Waals surface area contributed by atoms with Crippen molar-refractivity contribution in [2.24, 2.45) is 0 Å². The van der Waals surface area contributed by atoms with Crippen LogP contribution in [0.5, 0.6) is 0 Å². The molecule has 5 nitrogen and oxygen atoms in total. The average Bonchev–Trinajstić information content (AvgIpc) is 2.39. The first-order valence-electron chi connectivity index (χ1n) is 5.90. The molecule has 0 aliphatic carbocycles. The van der Waals surface area contributed by atoms with Crippen LogP contribution in [0.15, 0.2) is 29.2 Å². The Hall–Kier alpha value is -1.25. The third-order valence-corrected chi connectivity index (χ3v) is 4.03. The summed E-state index contributed by atoms with van der Waals surface area (Å²) in [5.41, 5.74) is 0.564. The first-order valence-corrected chi connectivity index (χ1v) is 7.45. The summed E-state index contributed by atoms with van der Waals surface area (Å²) >= 11 is 0. The molecule has 0 fully saturated rings. The number of anilines is 1. The molecule has 20 heavy (non-hydrogen) atoms. The van der Waals surface area contributed by atoms with Gasteiger partial charge in [0.05, 0.1) is 17.5 Å². The van der Waals surface area contributed by atoms with Crippen molar-refractivity contribution in [3.8, 4) is 0 Å². The highest BCUT2D eigenvalue weighted by Crippen LogP contribution is 2.20. The Balaban J connectivity index is 2.81. The van der Waals surface area contributed by atoms with Crippen LogP contribution in [0.4, 0.5) is 14.5 Å². The fraction of sp³-hybridized carbons (Fsp3) is 0.500. The number of alkyl halides is 2. The summed E-state index contributed by atoms with van der Waals surface area (Å²) in [5.74, 6) is -3.43. The van der Waals surface area contributed by atoms with Crippen LogP contribution in [0.25, 0.3) is 0 Å². The highest BCUT2D eigenvalue weighted by Gasteiger charge is 2.26. The Kier molecular flexibility index (Phi) is 6.31. The molecule has 1 aromatic rings. The lowest BCUT2D eigenvalue weighted by molar-refractivity contribution is 0.170. The molecular weight excluding hydrogens is 292 g/mol. The highest BCUT2D eigenvalue weighted by molar-refractivity contribution is 7.91. The maximum atomic E-state index is 12.4. The predicted molar refractivity (Wildman–Crippen MR) is 70.6 cm³/mol. The van der Waals surface area contributed by atoms with E-state index in [2.05, 4.69) is 5.32 Å². The second kappa shape index (κ2) is 7.51. The monoisotopic (exact) mass is 309 g/mol. The molecule has 1 rings (SSSR count). The molecule has 0 saturated carbocycles. The Morgan fingerprint density at radius 1 is 1.30 bits per heavy atom. The molecule has 8 heteroatoms. The van der Waals surface area contributed by atoms with Crippen molar-refractivity contribution in [2.75, 3.05) is 25.6 Å². The molecular formula is C12H17F2NO4S. The molecule has 2 N–H and O–H groups in total. The van der Waals surface area contributed by atoms with E-state index in [4.69, 9.17) is 9.84 Å². The molecule has 0 aliphatic heterocycles. The van der Waals surface area contributed by atoms with Gasteiger partial charge in [-0.15, -0.1) is 0 Å². The van der Waals surface area contributed by atoms with Gasteiger partial charge in [-0.1, -0.05) is 0 Å². The Morgan fingerprint density at radius 3 is 2.35 bits per heavy atom. The van der Waals surface area contributed by atoms with E-state index in [0.717, 1.165) is 12.1 Å². The minimum Gasteiger partial charge on any atom is -0.396 e. The molecule has 0 bridgehead atoms. The van der Waals surface area contributed by atoms with E-state index in [-0.39, 0.29) is 12.6 Å². The number of hydrogen-bond donors (Lipinski definition) is 2. The van der Waals surface area contributed by atoms with Gasteiger partial charge in [0.15, 0.2) is 0 Å². The minimum absolute atomic E-state index is 0.0289. The molecule has 0 spiro atoms. The zero-order valence-corrected chi connectivity index (χ0v) is 11.7. The third-order valence-electron chi connectivity index (χ3n) is 2.63. The zero-order chi connectivity index (χ0) is 15.2. The summed E-state index contributed by atoms with van der Waals surface area (Å²) in [5, 5.41) is 11.9. The van der Waals surface area contributed by atoms with Crippen molar-refractivity contribution in [2.45, 2.75) is 23.1 Å². The van der Waals surface area contributed by atoms with E-state index >= 15 is 0 Å². The summed E-state index contributed by atoms with van der Waals surface area (Å²) in [6.45, 7) is 0.330. The second-order valence-corrected chi connectivity index (χ2v) is 6.06. The van der Waals surface area contributed by atoms with E-state index in [1.165, 1.54) is 19.2 Å². The lowest BCUT2D eigenvalue weighted by Gasteiger charge is -2.18. The van der Waals surface area contributed by atoms with Gasteiger partial charge in [-0.2, -0.15) is 8.78 Å². The van der Waals surface area contributed by atoms with E-state index < -0.39 is 20.5 Å². The molecule has 1 aromatic carbocycles. The number of nitrogens with one attached hydrogen (secondary N) is 1. The van der Waals surface area contributed by atoms with Crippen LogP contribution in [0.3, 0.4) is 0 Å². The fourth-order valence-electron chi connectivity index (χ4n) is 1.63. The van der Waals surface area contributed by atoms with Crippen LogP contribution in [0.1, 0.15) is 6.42 Å². The predicted octanol–water partition coefficient (Wildman–Crippen LogP) is 1.49. The number of benzene rings is 1. The molecule has 114 valence electrons. The van der Waals surface area contributed by atoms with Crippen molar-refractivity contribution in [1.82, 2.24) is 0 Å². The van der Waals surface area contributed by atoms with E-state index in [9.17, 15) is 17.2 Å². The van der Waals surface area contributed by atoms with Crippen LogP contribution in [-0.4, -0.2) is 45.6 Å². The zero-order valence-electron chi connectivity index (χ0n) is 10.9. The van der Waals surface area contributed by atoms with Crippen LogP contribution in [0.2, 0.25) is 0 Å². The van der Waals surface area contributed by atoms with Crippen molar-refractivity contribution in [3.05, 3.63) is 24.3 Å². The van der Waals surface area contributed by atoms with Crippen LogP contribution < -0.4 is 5.32 Å². The lowest BCUT2D eigenvalue weighted by atomic mass is 10.2. The van der Waals surface area contributed by atoms with E-state index in [1.807, 2.05) is 0 Å². The number of rotatable bonds is 8. The van der Waals surface area contributed by atoms with Gasteiger partial charge in [-0.25, -0.2) is 8.42 Å². The quantitative estimate of drug-likeness (QED) is 0.761. The van der Waals surface area contributed by atoms with Crippen molar-refractivity contribution < 1.29 is 27.0 Å². The summed E-state index contributed by atoms with van der Waals surface area (Å²) in [6, 6.07) is 4.88. The summed E-state index contributed by atoms with van der Waals surface area (Å²) < 4.78 is 52.2. The summed E-state index contributed by atoms with van der Waals surface area (Å²) in [7, 11) is -3.05. The minimum atomic E-state index is -4.57. The van der Waals surface area contributed by atoms with Crippen molar-refractivity contribution in [1.29, 1.82) is 0 Å². The van der Waals surface area contributed by atoms with Crippen LogP contribution in [0, 0.1) is 0 Å². The molecule has 0 radical (unpaired) electrons. The topological polar surface area (TPSA) is 75.6 Å². The van der Waals surface area contributed by atoms with Gasteiger partial charge in [-0.05, 0) is 30.7 Å². The molecule has 0 heterocycles. The number of hydrogen-bond acceptors (Lipinski definition) is 5. The maximum Gasteiger partial charge on any atom is 0.341 e. The highest BCUT2D eigenvalue weighted by atomic mass is 32.2. The summed E-state index contributed by atoms with van der Waals surface area (Å²) in [4.78, 5) is -0.427. The van der Waals surface area contributed by atoms with Crippen molar-refractivity contribution in [3.63, 3.8) is 0 Å². The molecule has 1 unspecified atom stereocenters. The Labute approximate surface area is 116 Å². The summed E-state index contributed by atoms with van der Waals surface area (Å²) in [6.07, 6.45) is 0.449. The van der Waals surface area contributed by atoms with Gasteiger partial charge in [0.2, 0.25) is 9.84 Å². The van der Waals surface area contributed by atoms with Gasteiger partial charge < -0.3 is 15.2 Å². The van der Waals surface area contributed by atoms with Gasteiger partial charge in [-0.3, -0.25) is 0 Å². The largest absolute Gasteiger partial charge is 0.396 e. The Morgan fingerprint density at radius 2 is 1.90 bits per heavy atom. The van der Waals surface area contributed by atoms with Crippen LogP contribution >= 0.6 is 0 Å². The number of halogens is 2. The lowest BCUT2D eigenvalue weighted by Crippen LogP contribution is -2.26. The normalized spacial score (nSPS) is 13.4. The molecule has 0 saturated heterocycles. The van der Waals surface area contributed by atoms with Gasteiger partial charge in [0, 0.05) is 19.4 Å². The number of sulfone groups is 1. The molecule has 0 aromatic heterocycles. The van der Waals surface area contributed by atoms with Crippen molar-refractivity contribution >= 4 is 15.5 Å². The number of aliphatic hydroxyl groups is 1. The molecule has 0 aliphatic rings. The number of ether oxygens (including phenoxy) is 1. The maximum absolute atomic E-state index is 12.4. The van der Waals surface area contributed by atoms with E-state index in [1.54, 1.807) is 0 Å². The van der Waals surface area contributed by atoms with Gasteiger partial charge in [0.25, 0.3) is 0 Å². The van der Waals surface area contributed by atoms with Gasteiger partial charge >= 0.3 is 5.76 Å². The van der Waals surface area contributed by atoms with Gasteiger partial charge in [0.1, 0.15) is 0 Å². The standard InChI is InChI=1S/C12H17F2NO4S/c1-19-8-10(6-7-16)15-9-2-4-11(5-3-9)20(17,18)12(13)14/h2-5,10,12,15-16H,6-8H2,1H3.